The van der Waals surface area contributed by atoms with Crippen molar-refractivity contribution in [2.24, 2.45) is 4.99 Å². The molecule has 0 saturated carbocycles. The van der Waals surface area contributed by atoms with E-state index in [-0.39, 0.29) is 10.6 Å². The number of hydrogen-bond acceptors (Lipinski definition) is 3. The van der Waals surface area contributed by atoms with Crippen molar-refractivity contribution >= 4 is 22.4 Å². The van der Waals surface area contributed by atoms with Gasteiger partial charge in [0.15, 0.2) is 5.96 Å². The molecule has 1 aromatic rings. The Morgan fingerprint density at radius 2 is 1.88 bits per heavy atom. The van der Waals surface area contributed by atoms with E-state index in [0.717, 1.165) is 32.1 Å². The molecule has 25 heavy (non-hydrogen) atoms. The van der Waals surface area contributed by atoms with Crippen molar-refractivity contribution in [1.82, 2.24) is 10.2 Å². The summed E-state index contributed by atoms with van der Waals surface area (Å²) in [5.41, 5.74) is 0.658. The van der Waals surface area contributed by atoms with E-state index in [1.807, 2.05) is 32.9 Å². The van der Waals surface area contributed by atoms with Crippen molar-refractivity contribution in [2.45, 2.75) is 25.5 Å². The van der Waals surface area contributed by atoms with Gasteiger partial charge in [0.2, 0.25) is 0 Å². The van der Waals surface area contributed by atoms with Crippen LogP contribution in [0.15, 0.2) is 29.3 Å². The topological polar surface area (TPSA) is 47.9 Å². The first kappa shape index (κ1) is 19.7. The molecule has 1 unspecified atom stereocenters. The van der Waals surface area contributed by atoms with Crippen LogP contribution in [0, 0.1) is 5.82 Å². The summed E-state index contributed by atoms with van der Waals surface area (Å²) >= 11 is 0. The summed E-state index contributed by atoms with van der Waals surface area (Å²) in [4.78, 5) is 8.55. The summed E-state index contributed by atoms with van der Waals surface area (Å²) < 4.78 is 25.8. The van der Waals surface area contributed by atoms with Gasteiger partial charge in [-0.1, -0.05) is 12.1 Å². The molecule has 1 atom stereocenters. The van der Waals surface area contributed by atoms with Crippen LogP contribution < -0.4 is 10.2 Å². The molecule has 2 rings (SSSR count). The van der Waals surface area contributed by atoms with Gasteiger partial charge in [0.25, 0.3) is 0 Å². The highest BCUT2D eigenvalue weighted by Gasteiger charge is 2.22. The average molecular weight is 369 g/mol. The van der Waals surface area contributed by atoms with Crippen LogP contribution in [-0.2, 0) is 10.8 Å². The Hall–Kier alpha value is -1.63. The number of nitrogens with one attached hydrogen (secondary N) is 1. The van der Waals surface area contributed by atoms with Gasteiger partial charge in [0.1, 0.15) is 5.82 Å². The number of halogens is 1. The lowest BCUT2D eigenvalue weighted by Gasteiger charge is -2.37. The van der Waals surface area contributed by atoms with Crippen LogP contribution >= 0.6 is 0 Å². The highest BCUT2D eigenvalue weighted by molar-refractivity contribution is 7.86. The van der Waals surface area contributed by atoms with Crippen LogP contribution in [0.1, 0.15) is 20.8 Å². The van der Waals surface area contributed by atoms with Gasteiger partial charge < -0.3 is 15.1 Å². The molecule has 1 saturated heterocycles. The van der Waals surface area contributed by atoms with Crippen molar-refractivity contribution in [1.29, 1.82) is 0 Å². The molecule has 1 fully saturated rings. The number of hydrogen-bond donors (Lipinski definition) is 1. The summed E-state index contributed by atoms with van der Waals surface area (Å²) in [5.74, 6) is 1.24. The van der Waals surface area contributed by atoms with E-state index in [2.05, 4.69) is 20.1 Å². The van der Waals surface area contributed by atoms with Gasteiger partial charge >= 0.3 is 0 Å². The molecule has 0 bridgehead atoms. The zero-order chi connectivity index (χ0) is 18.4. The van der Waals surface area contributed by atoms with Gasteiger partial charge in [-0.15, -0.1) is 0 Å². The molecule has 0 aliphatic carbocycles. The predicted molar refractivity (Wildman–Crippen MR) is 104 cm³/mol. The number of nitrogens with zero attached hydrogens (tertiary/aromatic N) is 3. The molecular formula is C18H29FN4OS. The Balaban J connectivity index is 1.84. The third-order valence-corrected chi connectivity index (χ3v) is 6.18. The first-order chi connectivity index (χ1) is 11.8. The smallest absolute Gasteiger partial charge is 0.193 e. The Kier molecular flexibility index (Phi) is 6.81. The molecular weight excluding hydrogens is 339 g/mol. The molecule has 0 spiro atoms. The van der Waals surface area contributed by atoms with Crippen molar-refractivity contribution in [3.8, 4) is 0 Å². The molecule has 5 nitrogen and oxygen atoms in total. The summed E-state index contributed by atoms with van der Waals surface area (Å²) in [6.45, 7) is 9.63. The fraction of sp³-hybridized carbons (Fsp3) is 0.611. The van der Waals surface area contributed by atoms with E-state index in [9.17, 15) is 8.60 Å². The molecule has 1 aliphatic heterocycles. The van der Waals surface area contributed by atoms with Crippen molar-refractivity contribution in [3.05, 3.63) is 30.1 Å². The number of aliphatic imine (C=N–C) groups is 1. The van der Waals surface area contributed by atoms with Gasteiger partial charge in [-0.3, -0.25) is 9.20 Å². The maximum atomic E-state index is 13.9. The van der Waals surface area contributed by atoms with Gasteiger partial charge in [-0.25, -0.2) is 4.39 Å². The fourth-order valence-corrected chi connectivity index (χ4v) is 3.66. The van der Waals surface area contributed by atoms with Gasteiger partial charge in [-0.05, 0) is 32.9 Å². The third kappa shape index (κ3) is 5.42. The largest absolute Gasteiger partial charge is 0.366 e. The number of benzene rings is 1. The van der Waals surface area contributed by atoms with Crippen LogP contribution in [0.5, 0.6) is 0 Å². The van der Waals surface area contributed by atoms with Crippen molar-refractivity contribution in [2.75, 3.05) is 50.4 Å². The van der Waals surface area contributed by atoms with Crippen LogP contribution in [0.25, 0.3) is 0 Å². The zero-order valence-electron chi connectivity index (χ0n) is 15.6. The fourth-order valence-electron chi connectivity index (χ4n) is 2.76. The second kappa shape index (κ2) is 8.65. The van der Waals surface area contributed by atoms with Crippen LogP contribution in [0.2, 0.25) is 0 Å². The molecule has 1 aromatic carbocycles. The van der Waals surface area contributed by atoms with E-state index in [1.54, 1.807) is 13.1 Å². The lowest BCUT2D eigenvalue weighted by Crippen LogP contribution is -2.53. The zero-order valence-corrected chi connectivity index (χ0v) is 16.4. The minimum Gasteiger partial charge on any atom is -0.366 e. The second-order valence-electron chi connectivity index (χ2n) is 7.06. The van der Waals surface area contributed by atoms with E-state index in [1.165, 1.54) is 6.07 Å². The van der Waals surface area contributed by atoms with E-state index in [0.29, 0.717) is 18.0 Å². The molecule has 0 amide bonds. The van der Waals surface area contributed by atoms with E-state index in [4.69, 9.17) is 0 Å². The Bertz CT molecular complexity index is 622. The van der Waals surface area contributed by atoms with Crippen molar-refractivity contribution in [3.63, 3.8) is 0 Å². The molecule has 140 valence electrons. The standard InChI is InChI=1S/C18H29FN4OS/c1-18(2,3)25(24)14-9-21-17(20-4)23-12-10-22(11-13-23)16-8-6-5-7-15(16)19/h5-8H,9-14H2,1-4H3,(H,20,21). The Morgan fingerprint density at radius 1 is 1.24 bits per heavy atom. The summed E-state index contributed by atoms with van der Waals surface area (Å²) in [5, 5.41) is 3.30. The highest BCUT2D eigenvalue weighted by atomic mass is 32.2. The maximum Gasteiger partial charge on any atom is 0.193 e. The van der Waals surface area contributed by atoms with Gasteiger partial charge in [0.05, 0.1) is 5.69 Å². The first-order valence-electron chi connectivity index (χ1n) is 8.66. The number of guanidine groups is 1. The molecule has 1 heterocycles. The Labute approximate surface area is 152 Å². The number of anilines is 1. The number of piperazine rings is 1. The second-order valence-corrected chi connectivity index (χ2v) is 9.39. The summed E-state index contributed by atoms with van der Waals surface area (Å²) in [6.07, 6.45) is 0. The molecule has 0 aromatic heterocycles. The number of para-hydroxylation sites is 1. The van der Waals surface area contributed by atoms with Crippen LogP contribution in [0.4, 0.5) is 10.1 Å². The monoisotopic (exact) mass is 368 g/mol. The lowest BCUT2D eigenvalue weighted by molar-refractivity contribution is 0.372. The van der Waals surface area contributed by atoms with Crippen LogP contribution in [-0.4, -0.2) is 65.3 Å². The lowest BCUT2D eigenvalue weighted by atomic mass is 10.2. The maximum absolute atomic E-state index is 13.9. The minimum atomic E-state index is -0.880. The minimum absolute atomic E-state index is 0.178. The third-order valence-electron chi connectivity index (χ3n) is 4.24. The average Bonchev–Trinajstić information content (AvgIpc) is 2.58. The van der Waals surface area contributed by atoms with Gasteiger partial charge in [-0.2, -0.15) is 0 Å². The van der Waals surface area contributed by atoms with E-state index < -0.39 is 10.8 Å². The normalized spacial score (nSPS) is 17.6. The van der Waals surface area contributed by atoms with Crippen LogP contribution in [0.3, 0.4) is 0 Å². The molecule has 1 aliphatic rings. The molecule has 7 heteroatoms. The Morgan fingerprint density at radius 3 is 2.44 bits per heavy atom. The quantitative estimate of drug-likeness (QED) is 0.653. The summed E-state index contributed by atoms with van der Waals surface area (Å²) in [7, 11) is 0.876. The molecule has 1 N–H and O–H groups in total. The number of rotatable bonds is 4. The molecule has 0 radical (unpaired) electrons. The van der Waals surface area contributed by atoms with Crippen molar-refractivity contribution < 1.29 is 8.60 Å². The first-order valence-corrected chi connectivity index (χ1v) is 9.98. The van der Waals surface area contributed by atoms with Gasteiger partial charge in [0, 0.05) is 61.1 Å². The predicted octanol–water partition coefficient (Wildman–Crippen LogP) is 2.07. The SMILES string of the molecule is CN=C(NCCS(=O)C(C)(C)C)N1CCN(c2ccccc2F)CC1. The van der Waals surface area contributed by atoms with E-state index >= 15 is 0 Å². The highest BCUT2D eigenvalue weighted by Crippen LogP contribution is 2.20. The summed E-state index contributed by atoms with van der Waals surface area (Å²) in [6, 6.07) is 6.89.